The van der Waals surface area contributed by atoms with E-state index in [-0.39, 0.29) is 17.7 Å². The lowest BCUT2D eigenvalue weighted by molar-refractivity contribution is -0.146. The highest BCUT2D eigenvalue weighted by Gasteiger charge is 2.30. The Morgan fingerprint density at radius 1 is 1.06 bits per heavy atom. The number of amides is 1. The fourth-order valence-corrected chi connectivity index (χ4v) is 3.56. The summed E-state index contributed by atoms with van der Waals surface area (Å²) in [5, 5.41) is 2.93. The summed E-state index contributed by atoms with van der Waals surface area (Å²) in [5.41, 5.74) is 0. The number of hydrogen-bond acceptors (Lipinski definition) is 4. The molecule has 31 heavy (non-hydrogen) atoms. The van der Waals surface area contributed by atoms with Crippen LogP contribution in [0.3, 0.4) is 0 Å². The number of ether oxygens (including phenoxy) is 2. The van der Waals surface area contributed by atoms with Gasteiger partial charge in [0.25, 0.3) is 0 Å². The van der Waals surface area contributed by atoms with E-state index in [0.29, 0.717) is 24.9 Å². The Hall–Kier alpha value is -2.30. The molecule has 0 fully saturated rings. The lowest BCUT2D eigenvalue weighted by atomic mass is 9.81. The Kier molecular flexibility index (Phi) is 12.6. The number of carbonyl (C=O) groups excluding carboxylic acids is 2. The quantitative estimate of drug-likeness (QED) is 0.243. The Labute approximate surface area is 188 Å². The summed E-state index contributed by atoms with van der Waals surface area (Å²) in [4.78, 5) is 25.2. The van der Waals surface area contributed by atoms with E-state index >= 15 is 0 Å². The van der Waals surface area contributed by atoms with Gasteiger partial charge in [0, 0.05) is 5.92 Å². The first-order valence-corrected chi connectivity index (χ1v) is 11.5. The molecule has 0 unspecified atom stereocenters. The molecule has 1 rings (SSSR count). The Morgan fingerprint density at radius 2 is 1.74 bits per heavy atom. The van der Waals surface area contributed by atoms with Gasteiger partial charge in [-0.3, -0.25) is 4.79 Å². The number of esters is 1. The molecule has 0 aliphatic carbocycles. The predicted octanol–water partition coefficient (Wildman–Crippen LogP) is 5.40. The minimum absolute atomic E-state index is 0.0756. The lowest BCUT2D eigenvalue weighted by Gasteiger charge is -2.27. The summed E-state index contributed by atoms with van der Waals surface area (Å²) in [6, 6.07) is 9.16. The second-order valence-corrected chi connectivity index (χ2v) is 8.83. The molecular formula is C26H41NO4. The number of carbonyl (C=O) groups is 2. The monoisotopic (exact) mass is 431 g/mol. The van der Waals surface area contributed by atoms with E-state index < -0.39 is 12.0 Å². The van der Waals surface area contributed by atoms with Crippen LogP contribution in [0.4, 0.5) is 0 Å². The third-order valence-corrected chi connectivity index (χ3v) is 5.23. The van der Waals surface area contributed by atoms with Crippen molar-refractivity contribution >= 4 is 11.9 Å². The number of benzene rings is 1. The van der Waals surface area contributed by atoms with Gasteiger partial charge >= 0.3 is 5.97 Å². The fourth-order valence-electron chi connectivity index (χ4n) is 3.56. The van der Waals surface area contributed by atoms with Crippen molar-refractivity contribution in [3.05, 3.63) is 42.5 Å². The SMILES string of the molecule is CC[C@H](NC(=O)[C@H](CC(C)C)[C@@H](/C=C/C(C)C)CCCOc1ccccc1)C(=O)OC. The van der Waals surface area contributed by atoms with E-state index in [4.69, 9.17) is 9.47 Å². The van der Waals surface area contributed by atoms with Crippen molar-refractivity contribution in [1.29, 1.82) is 0 Å². The molecule has 1 aromatic carbocycles. The first-order chi connectivity index (χ1) is 14.8. The molecule has 3 atom stereocenters. The molecule has 0 aliphatic rings. The molecule has 1 amide bonds. The van der Waals surface area contributed by atoms with Gasteiger partial charge in [-0.2, -0.15) is 0 Å². The highest BCUT2D eigenvalue weighted by Crippen LogP contribution is 2.27. The average molecular weight is 432 g/mol. The molecule has 5 heteroatoms. The Balaban J connectivity index is 2.89. The van der Waals surface area contributed by atoms with Gasteiger partial charge < -0.3 is 14.8 Å². The van der Waals surface area contributed by atoms with Crippen molar-refractivity contribution in [2.75, 3.05) is 13.7 Å². The summed E-state index contributed by atoms with van der Waals surface area (Å²) in [6.45, 7) is 11.0. The van der Waals surface area contributed by atoms with Crippen LogP contribution in [0.5, 0.6) is 5.75 Å². The maximum absolute atomic E-state index is 13.2. The van der Waals surface area contributed by atoms with Crippen molar-refractivity contribution in [2.45, 2.75) is 66.3 Å². The predicted molar refractivity (Wildman–Crippen MR) is 126 cm³/mol. The molecule has 0 radical (unpaired) electrons. The maximum Gasteiger partial charge on any atom is 0.328 e. The van der Waals surface area contributed by atoms with Crippen LogP contribution in [0.25, 0.3) is 0 Å². The van der Waals surface area contributed by atoms with Crippen LogP contribution in [0.1, 0.15) is 60.3 Å². The number of para-hydroxylation sites is 1. The molecule has 0 saturated carbocycles. The summed E-state index contributed by atoms with van der Waals surface area (Å²) < 4.78 is 10.7. The van der Waals surface area contributed by atoms with Crippen molar-refractivity contribution in [2.24, 2.45) is 23.7 Å². The van der Waals surface area contributed by atoms with E-state index in [0.717, 1.165) is 25.0 Å². The minimum atomic E-state index is -0.608. The van der Waals surface area contributed by atoms with Crippen LogP contribution in [0.15, 0.2) is 42.5 Å². The fraction of sp³-hybridized carbons (Fsp3) is 0.615. The highest BCUT2D eigenvalue weighted by atomic mass is 16.5. The van der Waals surface area contributed by atoms with Crippen LogP contribution < -0.4 is 10.1 Å². The second-order valence-electron chi connectivity index (χ2n) is 8.83. The summed E-state index contributed by atoms with van der Waals surface area (Å²) >= 11 is 0. The Morgan fingerprint density at radius 3 is 2.29 bits per heavy atom. The van der Waals surface area contributed by atoms with Gasteiger partial charge in [0.05, 0.1) is 13.7 Å². The normalized spacial score (nSPS) is 14.5. The standard InChI is InChI=1S/C26H41NO4/c1-7-24(26(29)30-6)27-25(28)23(18-20(4)5)21(16-15-19(2)3)12-11-17-31-22-13-9-8-10-14-22/h8-10,13-16,19-21,23-24H,7,11-12,17-18H2,1-6H3,(H,27,28)/b16-15+/t21-,23-,24+/m1/s1. The van der Waals surface area contributed by atoms with Crippen molar-refractivity contribution in [3.8, 4) is 5.75 Å². The van der Waals surface area contributed by atoms with E-state index in [2.05, 4.69) is 45.2 Å². The van der Waals surface area contributed by atoms with Gasteiger partial charge in [0.1, 0.15) is 11.8 Å². The average Bonchev–Trinajstić information content (AvgIpc) is 2.75. The number of hydrogen-bond donors (Lipinski definition) is 1. The van der Waals surface area contributed by atoms with Gasteiger partial charge in [-0.05, 0) is 55.6 Å². The zero-order valence-electron chi connectivity index (χ0n) is 20.1. The second kappa shape index (κ2) is 14.7. The molecule has 174 valence electrons. The van der Waals surface area contributed by atoms with Crippen LogP contribution in [0.2, 0.25) is 0 Å². The van der Waals surface area contributed by atoms with E-state index in [1.54, 1.807) is 0 Å². The smallest absolute Gasteiger partial charge is 0.328 e. The summed E-state index contributed by atoms with van der Waals surface area (Å²) in [5.74, 6) is 1.04. The number of methoxy groups -OCH3 is 1. The van der Waals surface area contributed by atoms with Gasteiger partial charge in [-0.15, -0.1) is 0 Å². The zero-order valence-corrected chi connectivity index (χ0v) is 20.1. The van der Waals surface area contributed by atoms with E-state index in [1.807, 2.05) is 37.3 Å². The first kappa shape index (κ1) is 26.7. The molecular weight excluding hydrogens is 390 g/mol. The summed E-state index contributed by atoms with van der Waals surface area (Å²) in [7, 11) is 1.35. The topological polar surface area (TPSA) is 64.6 Å². The third kappa shape index (κ3) is 10.5. The third-order valence-electron chi connectivity index (χ3n) is 5.23. The molecule has 0 aliphatic heterocycles. The van der Waals surface area contributed by atoms with Gasteiger partial charge in [0.15, 0.2) is 0 Å². The molecule has 0 bridgehead atoms. The van der Waals surface area contributed by atoms with Crippen LogP contribution >= 0.6 is 0 Å². The van der Waals surface area contributed by atoms with Gasteiger partial charge in [-0.1, -0.05) is 65.0 Å². The number of allylic oxidation sites excluding steroid dienone is 2. The maximum atomic E-state index is 13.2. The number of rotatable bonds is 14. The molecule has 5 nitrogen and oxygen atoms in total. The zero-order chi connectivity index (χ0) is 23.2. The van der Waals surface area contributed by atoms with Crippen molar-refractivity contribution in [3.63, 3.8) is 0 Å². The van der Waals surface area contributed by atoms with Gasteiger partial charge in [0.2, 0.25) is 5.91 Å². The highest BCUT2D eigenvalue weighted by molar-refractivity contribution is 5.86. The molecule has 1 aromatic rings. The van der Waals surface area contributed by atoms with Crippen LogP contribution in [0, 0.1) is 23.7 Å². The first-order valence-electron chi connectivity index (χ1n) is 11.5. The largest absolute Gasteiger partial charge is 0.494 e. The van der Waals surface area contributed by atoms with Gasteiger partial charge in [-0.25, -0.2) is 4.79 Å². The van der Waals surface area contributed by atoms with E-state index in [1.165, 1.54) is 7.11 Å². The number of nitrogens with one attached hydrogen (secondary N) is 1. The van der Waals surface area contributed by atoms with Crippen molar-refractivity contribution in [1.82, 2.24) is 5.32 Å². The minimum Gasteiger partial charge on any atom is -0.494 e. The van der Waals surface area contributed by atoms with E-state index in [9.17, 15) is 9.59 Å². The molecule has 0 saturated heterocycles. The van der Waals surface area contributed by atoms with Crippen molar-refractivity contribution < 1.29 is 19.1 Å². The van der Waals surface area contributed by atoms with Crippen LogP contribution in [-0.4, -0.2) is 31.6 Å². The van der Waals surface area contributed by atoms with Crippen LogP contribution in [-0.2, 0) is 14.3 Å². The summed E-state index contributed by atoms with van der Waals surface area (Å²) in [6.07, 6.45) is 7.30. The molecule has 1 N–H and O–H groups in total. The molecule has 0 spiro atoms. The lowest BCUT2D eigenvalue weighted by Crippen LogP contribution is -2.45. The molecule has 0 aromatic heterocycles. The molecule has 0 heterocycles. The Bertz CT molecular complexity index is 669.